The fourth-order valence-corrected chi connectivity index (χ4v) is 3.39. The third-order valence-electron chi connectivity index (χ3n) is 4.69. The van der Waals surface area contributed by atoms with E-state index in [2.05, 4.69) is 53.5 Å². The molecule has 0 aliphatic heterocycles. The molecule has 0 amide bonds. The van der Waals surface area contributed by atoms with Crippen LogP contribution in [0.4, 0.5) is 17.5 Å². The summed E-state index contributed by atoms with van der Waals surface area (Å²) < 4.78 is 10.7. The van der Waals surface area contributed by atoms with Crippen molar-refractivity contribution in [3.05, 3.63) is 64.3 Å². The summed E-state index contributed by atoms with van der Waals surface area (Å²) in [7, 11) is 3.27. The average Bonchev–Trinajstić information content (AvgIpc) is 2.68. The summed E-state index contributed by atoms with van der Waals surface area (Å²) in [6.07, 6.45) is 0. The Hall–Kier alpha value is -3.28. The van der Waals surface area contributed by atoms with Crippen LogP contribution in [0.5, 0.6) is 11.5 Å². The third kappa shape index (κ3) is 4.96. The molecular formula is C23H28N4O2. The number of nitrogens with one attached hydrogen (secondary N) is 2. The summed E-state index contributed by atoms with van der Waals surface area (Å²) in [5.41, 5.74) is 6.60. The summed E-state index contributed by atoms with van der Waals surface area (Å²) in [4.78, 5) is 9.18. The lowest BCUT2D eigenvalue weighted by atomic mass is 10.1. The highest BCUT2D eigenvalue weighted by Gasteiger charge is 2.09. The van der Waals surface area contributed by atoms with Gasteiger partial charge < -0.3 is 20.1 Å². The van der Waals surface area contributed by atoms with Crippen LogP contribution in [0, 0.1) is 27.7 Å². The number of hydrogen-bond donors (Lipinski definition) is 2. The molecule has 2 N–H and O–H groups in total. The van der Waals surface area contributed by atoms with Crippen molar-refractivity contribution in [3.63, 3.8) is 0 Å². The number of aromatic nitrogens is 2. The van der Waals surface area contributed by atoms with E-state index in [0.29, 0.717) is 24.0 Å². The molecule has 6 heteroatoms. The minimum Gasteiger partial charge on any atom is -0.493 e. The Labute approximate surface area is 172 Å². The summed E-state index contributed by atoms with van der Waals surface area (Å²) in [6.45, 7) is 8.86. The first-order chi connectivity index (χ1) is 13.9. The minimum absolute atomic E-state index is 0.579. The van der Waals surface area contributed by atoms with Crippen LogP contribution in [0.25, 0.3) is 0 Å². The molecule has 0 radical (unpaired) electrons. The van der Waals surface area contributed by atoms with Gasteiger partial charge in [-0.1, -0.05) is 23.8 Å². The van der Waals surface area contributed by atoms with Crippen molar-refractivity contribution in [3.8, 4) is 11.5 Å². The van der Waals surface area contributed by atoms with Crippen LogP contribution in [0.15, 0.2) is 36.4 Å². The van der Waals surface area contributed by atoms with Gasteiger partial charge in [0.25, 0.3) is 0 Å². The Kier molecular flexibility index (Phi) is 6.22. The first-order valence-electron chi connectivity index (χ1n) is 9.55. The van der Waals surface area contributed by atoms with Crippen molar-refractivity contribution < 1.29 is 9.47 Å². The Morgan fingerprint density at radius 2 is 1.52 bits per heavy atom. The zero-order valence-corrected chi connectivity index (χ0v) is 17.9. The predicted octanol–water partition coefficient (Wildman–Crippen LogP) is 5.08. The van der Waals surface area contributed by atoms with E-state index in [1.807, 2.05) is 31.2 Å². The molecule has 0 saturated carbocycles. The zero-order valence-electron chi connectivity index (χ0n) is 17.9. The first kappa shape index (κ1) is 20.5. The Morgan fingerprint density at radius 3 is 2.17 bits per heavy atom. The van der Waals surface area contributed by atoms with Crippen LogP contribution in [-0.4, -0.2) is 24.2 Å². The van der Waals surface area contributed by atoms with Gasteiger partial charge in [0, 0.05) is 24.0 Å². The lowest BCUT2D eigenvalue weighted by Crippen LogP contribution is -2.07. The molecule has 3 rings (SSSR count). The van der Waals surface area contributed by atoms with Gasteiger partial charge in [0.05, 0.1) is 14.2 Å². The first-order valence-corrected chi connectivity index (χ1v) is 9.55. The second kappa shape index (κ2) is 8.82. The number of rotatable bonds is 7. The molecule has 2 aromatic carbocycles. The highest BCUT2D eigenvalue weighted by atomic mass is 16.5. The Balaban J connectivity index is 1.78. The Bertz CT molecular complexity index is 995. The lowest BCUT2D eigenvalue weighted by Gasteiger charge is -2.15. The van der Waals surface area contributed by atoms with Gasteiger partial charge in [-0.25, -0.2) is 4.98 Å². The average molecular weight is 393 g/mol. The molecule has 0 atom stereocenters. The number of hydrogen-bond acceptors (Lipinski definition) is 6. The van der Waals surface area contributed by atoms with Crippen molar-refractivity contribution in [2.24, 2.45) is 0 Å². The van der Waals surface area contributed by atoms with Gasteiger partial charge in [-0.05, 0) is 56.5 Å². The lowest BCUT2D eigenvalue weighted by molar-refractivity contribution is 0.354. The molecule has 1 heterocycles. The van der Waals surface area contributed by atoms with Crippen molar-refractivity contribution in [2.75, 3.05) is 24.9 Å². The van der Waals surface area contributed by atoms with Crippen LogP contribution in [0.2, 0.25) is 0 Å². The summed E-state index contributed by atoms with van der Waals surface area (Å²) in [6, 6.07) is 12.1. The van der Waals surface area contributed by atoms with E-state index < -0.39 is 0 Å². The monoisotopic (exact) mass is 392 g/mol. The van der Waals surface area contributed by atoms with Crippen LogP contribution in [-0.2, 0) is 6.54 Å². The third-order valence-corrected chi connectivity index (χ3v) is 4.69. The maximum absolute atomic E-state index is 5.38. The normalized spacial score (nSPS) is 10.6. The molecule has 152 valence electrons. The quantitative estimate of drug-likeness (QED) is 0.584. The van der Waals surface area contributed by atoms with Crippen molar-refractivity contribution in [1.82, 2.24) is 9.97 Å². The largest absolute Gasteiger partial charge is 0.493 e. The van der Waals surface area contributed by atoms with Crippen LogP contribution >= 0.6 is 0 Å². The van der Waals surface area contributed by atoms with E-state index in [-0.39, 0.29) is 0 Å². The van der Waals surface area contributed by atoms with Gasteiger partial charge in [0.1, 0.15) is 5.82 Å². The number of aryl methyl sites for hydroxylation is 4. The standard InChI is InChI=1S/C23H28N4O2/c1-14-9-15(2)22(16(3)10-14)27-23-25-17(4)11-21(26-23)24-13-18-7-8-19(28-5)20(12-18)29-6/h7-12H,13H2,1-6H3,(H2,24,25,26,27). The zero-order chi connectivity index (χ0) is 21.0. The molecule has 3 aromatic rings. The van der Waals surface area contributed by atoms with E-state index in [9.17, 15) is 0 Å². The van der Waals surface area contributed by atoms with E-state index >= 15 is 0 Å². The molecular weight excluding hydrogens is 364 g/mol. The molecule has 0 bridgehead atoms. The maximum Gasteiger partial charge on any atom is 0.229 e. The number of benzene rings is 2. The molecule has 29 heavy (non-hydrogen) atoms. The van der Waals surface area contributed by atoms with E-state index in [1.54, 1.807) is 14.2 Å². The topological polar surface area (TPSA) is 68.3 Å². The Morgan fingerprint density at radius 1 is 0.828 bits per heavy atom. The van der Waals surface area contributed by atoms with Gasteiger partial charge in [-0.15, -0.1) is 0 Å². The number of ether oxygens (including phenoxy) is 2. The second-order valence-electron chi connectivity index (χ2n) is 7.16. The second-order valence-corrected chi connectivity index (χ2v) is 7.16. The van der Waals surface area contributed by atoms with E-state index in [1.165, 1.54) is 16.7 Å². The molecule has 6 nitrogen and oxygen atoms in total. The van der Waals surface area contributed by atoms with Gasteiger partial charge >= 0.3 is 0 Å². The number of anilines is 3. The fourth-order valence-electron chi connectivity index (χ4n) is 3.39. The van der Waals surface area contributed by atoms with Gasteiger partial charge in [-0.2, -0.15) is 4.98 Å². The SMILES string of the molecule is COc1ccc(CNc2cc(C)nc(Nc3c(C)cc(C)cc3C)n2)cc1OC. The smallest absolute Gasteiger partial charge is 0.229 e. The molecule has 0 fully saturated rings. The van der Waals surface area contributed by atoms with E-state index in [0.717, 1.165) is 22.8 Å². The van der Waals surface area contributed by atoms with Crippen molar-refractivity contribution in [2.45, 2.75) is 34.2 Å². The van der Waals surface area contributed by atoms with Crippen LogP contribution in [0.3, 0.4) is 0 Å². The van der Waals surface area contributed by atoms with Gasteiger partial charge in [0.2, 0.25) is 5.95 Å². The highest BCUT2D eigenvalue weighted by Crippen LogP contribution is 2.28. The fraction of sp³-hybridized carbons (Fsp3) is 0.304. The summed E-state index contributed by atoms with van der Waals surface area (Å²) in [5, 5.41) is 6.75. The molecule has 0 aliphatic rings. The summed E-state index contributed by atoms with van der Waals surface area (Å²) >= 11 is 0. The molecule has 0 spiro atoms. The van der Waals surface area contributed by atoms with Crippen molar-refractivity contribution in [1.29, 1.82) is 0 Å². The van der Waals surface area contributed by atoms with Crippen LogP contribution in [0.1, 0.15) is 27.9 Å². The summed E-state index contributed by atoms with van der Waals surface area (Å²) in [5.74, 6) is 2.76. The molecule has 0 saturated heterocycles. The number of methoxy groups -OCH3 is 2. The highest BCUT2D eigenvalue weighted by molar-refractivity contribution is 5.64. The van der Waals surface area contributed by atoms with Gasteiger partial charge in [-0.3, -0.25) is 0 Å². The molecule has 0 unspecified atom stereocenters. The van der Waals surface area contributed by atoms with E-state index in [4.69, 9.17) is 9.47 Å². The number of nitrogens with zero attached hydrogens (tertiary/aromatic N) is 2. The molecule has 1 aromatic heterocycles. The van der Waals surface area contributed by atoms with Crippen molar-refractivity contribution >= 4 is 17.5 Å². The maximum atomic E-state index is 5.38. The van der Waals surface area contributed by atoms with Crippen LogP contribution < -0.4 is 20.1 Å². The van der Waals surface area contributed by atoms with Gasteiger partial charge in [0.15, 0.2) is 11.5 Å². The predicted molar refractivity (Wildman–Crippen MR) is 118 cm³/mol. The molecule has 0 aliphatic carbocycles. The minimum atomic E-state index is 0.579.